The number of hydrogen-bond acceptors (Lipinski definition) is 4. The first-order valence-electron chi connectivity index (χ1n) is 11.5. The summed E-state index contributed by atoms with van der Waals surface area (Å²) in [6, 6.07) is 5.90. The quantitative estimate of drug-likeness (QED) is 0.347. The molecule has 0 bridgehead atoms. The molecule has 1 N–H and O–H groups in total. The fourth-order valence-electron chi connectivity index (χ4n) is 3.29. The van der Waals surface area contributed by atoms with Gasteiger partial charge in [-0.1, -0.05) is 67.5 Å². The average molecular weight is 434 g/mol. The molecule has 0 aliphatic carbocycles. The third-order valence-corrected chi connectivity index (χ3v) is 6.50. The van der Waals surface area contributed by atoms with E-state index in [4.69, 9.17) is 9.47 Å². The molecule has 5 nitrogen and oxygen atoms in total. The second-order valence-electron chi connectivity index (χ2n) is 9.95. The number of carbonyl (C=O) groups excluding carboxylic acids is 2. The second kappa shape index (κ2) is 11.5. The molecule has 1 unspecified atom stereocenters. The Hall–Kier alpha value is -2.04. The fourth-order valence-corrected chi connectivity index (χ4v) is 3.29. The van der Waals surface area contributed by atoms with Crippen molar-refractivity contribution >= 4 is 11.9 Å². The molecule has 0 radical (unpaired) electrons. The maximum absolute atomic E-state index is 12.3. The predicted molar refractivity (Wildman–Crippen MR) is 127 cm³/mol. The minimum atomic E-state index is -0.621. The molecule has 0 aliphatic rings. The van der Waals surface area contributed by atoms with Gasteiger partial charge in [0.1, 0.15) is 11.8 Å². The third-order valence-electron chi connectivity index (χ3n) is 6.50. The molecule has 5 heteroatoms. The summed E-state index contributed by atoms with van der Waals surface area (Å²) >= 11 is 0. The van der Waals surface area contributed by atoms with Gasteiger partial charge in [-0.15, -0.1) is 0 Å². The molecule has 1 aromatic rings. The maximum Gasteiger partial charge on any atom is 0.328 e. The van der Waals surface area contributed by atoms with Crippen LogP contribution in [0, 0.1) is 5.92 Å². The molecule has 176 valence electrons. The highest BCUT2D eigenvalue weighted by Crippen LogP contribution is 2.38. The number of methoxy groups -OCH3 is 1. The van der Waals surface area contributed by atoms with Crippen molar-refractivity contribution in [3.63, 3.8) is 0 Å². The van der Waals surface area contributed by atoms with Crippen molar-refractivity contribution in [3.05, 3.63) is 29.3 Å². The molecule has 0 spiro atoms. The average Bonchev–Trinajstić information content (AvgIpc) is 2.74. The summed E-state index contributed by atoms with van der Waals surface area (Å²) < 4.78 is 10.9. The number of hydrogen-bond donors (Lipinski definition) is 1. The zero-order valence-corrected chi connectivity index (χ0v) is 21.1. The van der Waals surface area contributed by atoms with Crippen molar-refractivity contribution in [3.8, 4) is 5.75 Å². The van der Waals surface area contributed by atoms with Crippen LogP contribution >= 0.6 is 0 Å². The summed E-state index contributed by atoms with van der Waals surface area (Å²) in [6.45, 7) is 17.6. The third kappa shape index (κ3) is 7.55. The maximum atomic E-state index is 12.3. The lowest BCUT2D eigenvalue weighted by Gasteiger charge is -2.30. The van der Waals surface area contributed by atoms with Gasteiger partial charge in [0.15, 0.2) is 0 Å². The SMILES string of the molecule is CCC(C)(C)c1ccc(OCCCC(=O)NC(C(=O)OC)C(C)C)c(C(C)(C)CC)c1. The highest BCUT2D eigenvalue weighted by atomic mass is 16.5. The lowest BCUT2D eigenvalue weighted by atomic mass is 9.76. The van der Waals surface area contributed by atoms with Crippen LogP contribution in [0.25, 0.3) is 0 Å². The molecule has 1 amide bonds. The van der Waals surface area contributed by atoms with Gasteiger partial charge >= 0.3 is 5.97 Å². The molecule has 0 aliphatic heterocycles. The van der Waals surface area contributed by atoms with E-state index < -0.39 is 12.0 Å². The Morgan fingerprint density at radius 3 is 2.16 bits per heavy atom. The van der Waals surface area contributed by atoms with E-state index in [0.717, 1.165) is 18.6 Å². The fraction of sp³-hybridized carbons (Fsp3) is 0.692. The Labute approximate surface area is 189 Å². The molecule has 0 saturated carbocycles. The summed E-state index contributed by atoms with van der Waals surface area (Å²) in [6.07, 6.45) is 2.95. The highest BCUT2D eigenvalue weighted by Gasteiger charge is 2.27. The minimum absolute atomic E-state index is 0.00244. The van der Waals surface area contributed by atoms with E-state index in [0.29, 0.717) is 19.4 Å². The Kier molecular flexibility index (Phi) is 10.1. The van der Waals surface area contributed by atoms with Crippen molar-refractivity contribution in [2.45, 2.75) is 97.9 Å². The van der Waals surface area contributed by atoms with Gasteiger partial charge < -0.3 is 14.8 Å². The van der Waals surface area contributed by atoms with Gasteiger partial charge in [-0.25, -0.2) is 4.79 Å². The molecule has 0 aromatic heterocycles. The molecule has 0 saturated heterocycles. The molecule has 1 rings (SSSR count). The largest absolute Gasteiger partial charge is 0.493 e. The number of ether oxygens (including phenoxy) is 2. The van der Waals surface area contributed by atoms with Gasteiger partial charge in [-0.2, -0.15) is 0 Å². The number of benzene rings is 1. The Morgan fingerprint density at radius 1 is 1.03 bits per heavy atom. The highest BCUT2D eigenvalue weighted by molar-refractivity contribution is 5.84. The van der Waals surface area contributed by atoms with E-state index in [9.17, 15) is 9.59 Å². The molecule has 0 fully saturated rings. The second-order valence-corrected chi connectivity index (χ2v) is 9.95. The van der Waals surface area contributed by atoms with Crippen LogP contribution < -0.4 is 10.1 Å². The van der Waals surface area contributed by atoms with E-state index in [1.165, 1.54) is 18.2 Å². The van der Waals surface area contributed by atoms with Crippen molar-refractivity contribution in [1.29, 1.82) is 0 Å². The van der Waals surface area contributed by atoms with E-state index in [2.05, 4.69) is 65.1 Å². The van der Waals surface area contributed by atoms with Crippen LogP contribution in [0.4, 0.5) is 0 Å². The summed E-state index contributed by atoms with van der Waals surface area (Å²) in [7, 11) is 1.33. The molecule has 1 atom stereocenters. The number of rotatable bonds is 12. The standard InChI is InChI=1S/C26H43NO4/c1-10-25(5,6)19-14-15-21(20(17-19)26(7,8)11-2)31-16-12-13-22(28)27-23(18(3)4)24(29)30-9/h14-15,17-18,23H,10-13,16H2,1-9H3,(H,27,28). The topological polar surface area (TPSA) is 64.6 Å². The van der Waals surface area contributed by atoms with Gasteiger partial charge in [-0.3, -0.25) is 4.79 Å². The predicted octanol–water partition coefficient (Wildman–Crippen LogP) is 5.53. The molecule has 0 heterocycles. The van der Waals surface area contributed by atoms with E-state index in [-0.39, 0.29) is 22.7 Å². The Bertz CT molecular complexity index is 737. The van der Waals surface area contributed by atoms with Crippen molar-refractivity contribution in [1.82, 2.24) is 5.32 Å². The van der Waals surface area contributed by atoms with Crippen LogP contribution in [0.15, 0.2) is 18.2 Å². The number of nitrogens with one attached hydrogen (secondary N) is 1. The number of amides is 1. The minimum Gasteiger partial charge on any atom is -0.493 e. The van der Waals surface area contributed by atoms with Crippen molar-refractivity contribution in [2.24, 2.45) is 5.92 Å². The van der Waals surface area contributed by atoms with Crippen LogP contribution in [-0.4, -0.2) is 31.6 Å². The lowest BCUT2D eigenvalue weighted by Crippen LogP contribution is -2.45. The van der Waals surface area contributed by atoms with Crippen molar-refractivity contribution < 1.29 is 19.1 Å². The normalized spacial score (nSPS) is 13.1. The van der Waals surface area contributed by atoms with Crippen LogP contribution in [-0.2, 0) is 25.2 Å². The van der Waals surface area contributed by atoms with Gasteiger partial charge in [0.2, 0.25) is 5.91 Å². The zero-order valence-electron chi connectivity index (χ0n) is 21.1. The summed E-state index contributed by atoms with van der Waals surface area (Å²) in [5, 5.41) is 2.77. The van der Waals surface area contributed by atoms with Gasteiger partial charge in [0, 0.05) is 12.0 Å². The van der Waals surface area contributed by atoms with Crippen LogP contribution in [0.1, 0.15) is 92.2 Å². The Morgan fingerprint density at radius 2 is 1.65 bits per heavy atom. The summed E-state index contributed by atoms with van der Waals surface area (Å²) in [5.41, 5.74) is 2.64. The first kappa shape index (κ1) is 27.0. The van der Waals surface area contributed by atoms with Crippen LogP contribution in [0.5, 0.6) is 5.75 Å². The molecular weight excluding hydrogens is 390 g/mol. The zero-order chi connectivity index (χ0) is 23.8. The monoisotopic (exact) mass is 433 g/mol. The van der Waals surface area contributed by atoms with E-state index in [1.807, 2.05) is 13.8 Å². The number of carbonyl (C=O) groups is 2. The van der Waals surface area contributed by atoms with Crippen LogP contribution in [0.2, 0.25) is 0 Å². The Balaban J connectivity index is 2.81. The molecular formula is C26H43NO4. The lowest BCUT2D eigenvalue weighted by molar-refractivity contribution is -0.146. The smallest absolute Gasteiger partial charge is 0.328 e. The van der Waals surface area contributed by atoms with Gasteiger partial charge in [0.25, 0.3) is 0 Å². The van der Waals surface area contributed by atoms with Gasteiger partial charge in [-0.05, 0) is 47.6 Å². The van der Waals surface area contributed by atoms with E-state index in [1.54, 1.807) is 0 Å². The molecule has 31 heavy (non-hydrogen) atoms. The summed E-state index contributed by atoms with van der Waals surface area (Å²) in [5.74, 6) is 0.276. The van der Waals surface area contributed by atoms with Gasteiger partial charge in [0.05, 0.1) is 13.7 Å². The summed E-state index contributed by atoms with van der Waals surface area (Å²) in [4.78, 5) is 24.1. The van der Waals surface area contributed by atoms with E-state index >= 15 is 0 Å². The number of esters is 1. The van der Waals surface area contributed by atoms with Crippen LogP contribution in [0.3, 0.4) is 0 Å². The first-order valence-corrected chi connectivity index (χ1v) is 11.5. The molecule has 1 aromatic carbocycles. The first-order chi connectivity index (χ1) is 14.4. The van der Waals surface area contributed by atoms with Crippen molar-refractivity contribution in [2.75, 3.05) is 13.7 Å².